The van der Waals surface area contributed by atoms with Gasteiger partial charge in [0.05, 0.1) is 30.8 Å². The first kappa shape index (κ1) is 31.0. The van der Waals surface area contributed by atoms with Crippen LogP contribution in [0.5, 0.6) is 0 Å². The number of ether oxygens (including phenoxy) is 2. The summed E-state index contributed by atoms with van der Waals surface area (Å²) in [4.78, 5) is 46.2. The minimum atomic E-state index is -1.23. The minimum Gasteiger partial charge on any atom is -0.465 e. The molecule has 3 unspecified atom stereocenters. The summed E-state index contributed by atoms with van der Waals surface area (Å²) in [6.45, 7) is 17.4. The average Bonchev–Trinajstić information content (AvgIpc) is 3.44. The van der Waals surface area contributed by atoms with Gasteiger partial charge >= 0.3 is 5.97 Å². The predicted octanol–water partition coefficient (Wildman–Crippen LogP) is 4.44. The highest BCUT2D eigenvalue weighted by Gasteiger charge is 2.81. The Hall–Kier alpha value is -2.97. The van der Waals surface area contributed by atoms with E-state index < -0.39 is 46.6 Å². The number of unbranched alkanes of at least 4 members (excludes halogenated alkanes) is 2. The summed E-state index contributed by atoms with van der Waals surface area (Å²) in [5, 5.41) is 10.7. The number of carbonyl (C=O) groups excluding carboxylic acids is 3. The summed E-state index contributed by atoms with van der Waals surface area (Å²) >= 11 is 0. The molecule has 7 atom stereocenters. The van der Waals surface area contributed by atoms with Crippen molar-refractivity contribution in [2.45, 2.75) is 89.1 Å². The van der Waals surface area contributed by atoms with Gasteiger partial charge in [0.25, 0.3) is 0 Å². The third-order valence-corrected chi connectivity index (χ3v) is 9.37. The lowest BCUT2D eigenvalue weighted by Crippen LogP contribution is -2.60. The topological polar surface area (TPSA) is 96.4 Å². The van der Waals surface area contributed by atoms with E-state index in [1.807, 2.05) is 71.0 Å². The fourth-order valence-electron chi connectivity index (χ4n) is 7.30. The molecule has 0 saturated carbocycles. The maximum Gasteiger partial charge on any atom is 0.312 e. The summed E-state index contributed by atoms with van der Waals surface area (Å²) < 4.78 is 12.6. The van der Waals surface area contributed by atoms with E-state index in [-0.39, 0.29) is 37.5 Å². The van der Waals surface area contributed by atoms with E-state index in [1.54, 1.807) is 11.0 Å². The van der Waals surface area contributed by atoms with E-state index in [0.29, 0.717) is 18.4 Å². The Kier molecular flexibility index (Phi) is 8.86. The Morgan fingerprint density at radius 1 is 1.22 bits per heavy atom. The number of aliphatic hydroxyl groups excluding tert-OH is 1. The van der Waals surface area contributed by atoms with Crippen LogP contribution in [0.25, 0.3) is 0 Å². The van der Waals surface area contributed by atoms with Crippen molar-refractivity contribution in [3.05, 3.63) is 61.2 Å². The second-order valence-corrected chi connectivity index (χ2v) is 12.9. The molecule has 3 saturated heterocycles. The van der Waals surface area contributed by atoms with E-state index in [1.165, 1.54) is 4.90 Å². The molecule has 1 spiro atoms. The van der Waals surface area contributed by atoms with Gasteiger partial charge in [0.2, 0.25) is 11.8 Å². The van der Waals surface area contributed by atoms with Crippen LogP contribution in [0.2, 0.25) is 0 Å². The Balaban J connectivity index is 1.82. The van der Waals surface area contributed by atoms with Crippen molar-refractivity contribution in [2.24, 2.45) is 17.8 Å². The number of hydrogen-bond donors (Lipinski definition) is 1. The SMILES string of the molecule is C=CCCCCOC(=O)[C@@H]1[C@H]2C(=O)N([C@H](CO)c3ccccc3)C(C(=O)N(CC=C)C(C)(C)C)C23CC(C)[C@@]1(C)O3. The number of likely N-dealkylation sites (tertiary alicyclic amines) is 1. The van der Waals surface area contributed by atoms with Gasteiger partial charge in [-0.2, -0.15) is 0 Å². The molecule has 0 aromatic heterocycles. The summed E-state index contributed by atoms with van der Waals surface area (Å²) in [6.07, 6.45) is 6.32. The van der Waals surface area contributed by atoms with Crippen LogP contribution in [0.4, 0.5) is 0 Å². The van der Waals surface area contributed by atoms with Crippen LogP contribution in [0.15, 0.2) is 55.6 Å². The zero-order valence-electron chi connectivity index (χ0n) is 25.2. The Labute approximate surface area is 244 Å². The summed E-state index contributed by atoms with van der Waals surface area (Å²) in [5.41, 5.74) is -2.07. The van der Waals surface area contributed by atoms with Crippen molar-refractivity contribution in [1.82, 2.24) is 9.80 Å². The van der Waals surface area contributed by atoms with Crippen molar-refractivity contribution in [2.75, 3.05) is 19.8 Å². The molecule has 0 radical (unpaired) electrons. The van der Waals surface area contributed by atoms with E-state index in [9.17, 15) is 19.5 Å². The maximum absolute atomic E-state index is 14.7. The number of amides is 2. The molecule has 3 fully saturated rings. The third kappa shape index (κ3) is 5.14. The molecule has 1 N–H and O–H groups in total. The molecule has 41 heavy (non-hydrogen) atoms. The van der Waals surface area contributed by atoms with Crippen molar-refractivity contribution in [3.63, 3.8) is 0 Å². The largest absolute Gasteiger partial charge is 0.465 e. The number of hydrogen-bond acceptors (Lipinski definition) is 6. The Morgan fingerprint density at radius 3 is 2.49 bits per heavy atom. The molecule has 3 aliphatic heterocycles. The molecule has 3 heterocycles. The lowest BCUT2D eigenvalue weighted by atomic mass is 9.62. The van der Waals surface area contributed by atoms with Crippen LogP contribution < -0.4 is 0 Å². The number of benzene rings is 1. The van der Waals surface area contributed by atoms with Gasteiger partial charge < -0.3 is 24.4 Å². The standard InChI is InChI=1S/C33H46N2O6/c1-8-10-11-15-19-40-30(39)26-25-28(37)35(24(21-36)23-16-13-12-14-17-23)27(29(38)34(18-9-2)31(4,5)6)33(25)20-22(3)32(26,7)41-33/h8-9,12-14,16-17,22,24-27,36H,1-2,10-11,15,18-21H2,3-7H3/t22?,24-,25+,26+,27?,32-,33?/m1/s1. The van der Waals surface area contributed by atoms with Gasteiger partial charge in [-0.3, -0.25) is 14.4 Å². The molecule has 224 valence electrons. The zero-order chi connectivity index (χ0) is 30.2. The van der Waals surface area contributed by atoms with Gasteiger partial charge in [0.15, 0.2) is 0 Å². The number of nitrogens with zero attached hydrogens (tertiary/aromatic N) is 2. The zero-order valence-corrected chi connectivity index (χ0v) is 25.2. The molecular weight excluding hydrogens is 520 g/mol. The molecule has 4 rings (SSSR count). The normalized spacial score (nSPS) is 31.1. The Bertz CT molecular complexity index is 1160. The smallest absolute Gasteiger partial charge is 0.312 e. The number of carbonyl (C=O) groups is 3. The van der Waals surface area contributed by atoms with Crippen LogP contribution >= 0.6 is 0 Å². The van der Waals surface area contributed by atoms with E-state index in [2.05, 4.69) is 13.2 Å². The maximum atomic E-state index is 14.7. The molecule has 1 aromatic carbocycles. The van der Waals surface area contributed by atoms with Gasteiger partial charge in [-0.25, -0.2) is 0 Å². The van der Waals surface area contributed by atoms with Gasteiger partial charge in [-0.15, -0.1) is 13.2 Å². The summed E-state index contributed by atoms with van der Waals surface area (Å²) in [5.74, 6) is -2.98. The van der Waals surface area contributed by atoms with E-state index >= 15 is 0 Å². The quantitative estimate of drug-likeness (QED) is 0.228. The van der Waals surface area contributed by atoms with E-state index in [0.717, 1.165) is 12.8 Å². The van der Waals surface area contributed by atoms with Crippen molar-refractivity contribution >= 4 is 17.8 Å². The molecular formula is C33H46N2O6. The van der Waals surface area contributed by atoms with Crippen LogP contribution in [0.1, 0.15) is 71.9 Å². The Morgan fingerprint density at radius 2 is 1.90 bits per heavy atom. The van der Waals surface area contributed by atoms with Crippen LogP contribution in [0, 0.1) is 17.8 Å². The van der Waals surface area contributed by atoms with Crippen molar-refractivity contribution in [1.29, 1.82) is 0 Å². The number of esters is 1. The molecule has 8 heteroatoms. The molecule has 3 aliphatic rings. The highest BCUT2D eigenvalue weighted by molar-refractivity contribution is 5.99. The second kappa shape index (κ2) is 11.7. The lowest BCUT2D eigenvalue weighted by Gasteiger charge is -2.43. The first-order chi connectivity index (χ1) is 19.4. The molecule has 0 aliphatic carbocycles. The van der Waals surface area contributed by atoms with Crippen LogP contribution in [-0.4, -0.2) is 75.2 Å². The molecule has 2 bridgehead atoms. The van der Waals surface area contributed by atoms with Crippen molar-refractivity contribution < 1.29 is 29.0 Å². The third-order valence-electron chi connectivity index (χ3n) is 9.37. The van der Waals surface area contributed by atoms with Crippen molar-refractivity contribution in [3.8, 4) is 0 Å². The number of fused-ring (bicyclic) bond motifs is 1. The fourth-order valence-corrected chi connectivity index (χ4v) is 7.30. The average molecular weight is 567 g/mol. The predicted molar refractivity (Wildman–Crippen MR) is 157 cm³/mol. The second-order valence-electron chi connectivity index (χ2n) is 12.9. The van der Waals surface area contributed by atoms with Gasteiger partial charge in [-0.05, 0) is 64.9 Å². The van der Waals surface area contributed by atoms with E-state index in [4.69, 9.17) is 9.47 Å². The number of rotatable bonds is 12. The molecule has 1 aromatic rings. The van der Waals surface area contributed by atoms with Gasteiger partial charge in [-0.1, -0.05) is 49.4 Å². The monoisotopic (exact) mass is 566 g/mol. The first-order valence-electron chi connectivity index (χ1n) is 14.8. The number of allylic oxidation sites excluding steroid dienone is 1. The first-order valence-corrected chi connectivity index (χ1v) is 14.8. The summed E-state index contributed by atoms with van der Waals surface area (Å²) in [6, 6.07) is 7.39. The highest BCUT2D eigenvalue weighted by Crippen LogP contribution is 2.66. The molecule has 8 nitrogen and oxygen atoms in total. The van der Waals surface area contributed by atoms with Crippen LogP contribution in [-0.2, 0) is 23.9 Å². The summed E-state index contributed by atoms with van der Waals surface area (Å²) in [7, 11) is 0. The molecule has 2 amide bonds. The van der Waals surface area contributed by atoms with Gasteiger partial charge in [0.1, 0.15) is 17.6 Å². The highest BCUT2D eigenvalue weighted by atomic mass is 16.6. The number of aliphatic hydroxyl groups is 1. The fraction of sp³-hybridized carbons (Fsp3) is 0.606. The van der Waals surface area contributed by atoms with Gasteiger partial charge in [0, 0.05) is 12.1 Å². The van der Waals surface area contributed by atoms with Crippen LogP contribution in [0.3, 0.4) is 0 Å². The minimum absolute atomic E-state index is 0.105. The lowest BCUT2D eigenvalue weighted by molar-refractivity contribution is -0.164.